The molecule has 3 rings (SSSR count). The number of thiophene rings is 1. The summed E-state index contributed by atoms with van der Waals surface area (Å²) >= 11 is 1.39. The average molecular weight is 385 g/mol. The minimum atomic E-state index is -0.956. The molecule has 1 amide bonds. The minimum Gasteiger partial charge on any atom is -0.481 e. The Kier molecular flexibility index (Phi) is 5.97. The van der Waals surface area contributed by atoms with E-state index in [2.05, 4.69) is 10.3 Å². The van der Waals surface area contributed by atoms with Gasteiger partial charge in [0.1, 0.15) is 4.83 Å². The molecular weight excluding hydrogens is 366 g/mol. The van der Waals surface area contributed by atoms with Crippen molar-refractivity contribution in [3.63, 3.8) is 0 Å². The standard InChI is InChI=1S/C19H19N3O4S/c23-16(6-8-22-12-21-17-15(18(22)24)7-9-27-17)20-11-14(19(25)26)10-13-4-2-1-3-5-13/h1-5,7,9,12,14H,6,8,10-11H2,(H,20,23)(H,25,26). The average Bonchev–Trinajstić information content (AvgIpc) is 3.15. The monoisotopic (exact) mass is 385 g/mol. The van der Waals surface area contributed by atoms with E-state index in [1.54, 1.807) is 11.4 Å². The Hall–Kier alpha value is -3.00. The second-order valence-corrected chi connectivity index (χ2v) is 7.06. The first-order valence-electron chi connectivity index (χ1n) is 8.50. The number of carbonyl (C=O) groups is 2. The Morgan fingerprint density at radius 1 is 1.22 bits per heavy atom. The van der Waals surface area contributed by atoms with Crippen LogP contribution in [0.3, 0.4) is 0 Å². The number of aryl methyl sites for hydroxylation is 1. The highest BCUT2D eigenvalue weighted by molar-refractivity contribution is 7.16. The molecule has 2 N–H and O–H groups in total. The summed E-state index contributed by atoms with van der Waals surface area (Å²) in [6.45, 7) is 0.236. The van der Waals surface area contributed by atoms with Crippen LogP contribution in [0.25, 0.3) is 10.2 Å². The van der Waals surface area contributed by atoms with E-state index in [0.717, 1.165) is 5.56 Å². The maximum Gasteiger partial charge on any atom is 0.308 e. The maximum atomic E-state index is 12.3. The van der Waals surface area contributed by atoms with Crippen LogP contribution in [0.2, 0.25) is 0 Å². The van der Waals surface area contributed by atoms with Gasteiger partial charge >= 0.3 is 5.97 Å². The van der Waals surface area contributed by atoms with E-state index < -0.39 is 11.9 Å². The number of carboxylic acids is 1. The zero-order valence-electron chi connectivity index (χ0n) is 14.5. The molecule has 0 radical (unpaired) electrons. The Labute approximate surface area is 159 Å². The number of hydrogen-bond donors (Lipinski definition) is 2. The van der Waals surface area contributed by atoms with E-state index in [9.17, 15) is 19.5 Å². The maximum absolute atomic E-state index is 12.3. The van der Waals surface area contributed by atoms with Gasteiger partial charge in [0.25, 0.3) is 5.56 Å². The number of carboxylic acid groups (broad SMARTS) is 1. The van der Waals surface area contributed by atoms with E-state index in [1.807, 2.05) is 30.3 Å². The summed E-state index contributed by atoms with van der Waals surface area (Å²) < 4.78 is 1.40. The highest BCUT2D eigenvalue weighted by atomic mass is 32.1. The summed E-state index contributed by atoms with van der Waals surface area (Å²) in [6.07, 6.45) is 1.85. The number of carbonyl (C=O) groups excluding carboxylic acids is 1. The van der Waals surface area contributed by atoms with Crippen LogP contribution >= 0.6 is 11.3 Å². The van der Waals surface area contributed by atoms with Gasteiger partial charge in [0.2, 0.25) is 5.91 Å². The third-order valence-corrected chi connectivity index (χ3v) is 5.07. The fourth-order valence-electron chi connectivity index (χ4n) is 2.75. The first-order chi connectivity index (χ1) is 13.0. The van der Waals surface area contributed by atoms with Crippen LogP contribution in [-0.4, -0.2) is 33.1 Å². The summed E-state index contributed by atoms with van der Waals surface area (Å²) in [5.41, 5.74) is 0.724. The fraction of sp³-hybridized carbons (Fsp3) is 0.263. The first-order valence-corrected chi connectivity index (χ1v) is 9.38. The molecular formula is C19H19N3O4S. The van der Waals surface area contributed by atoms with Crippen molar-refractivity contribution >= 4 is 33.4 Å². The van der Waals surface area contributed by atoms with Crippen molar-refractivity contribution in [1.82, 2.24) is 14.9 Å². The lowest BCUT2D eigenvalue weighted by molar-refractivity contribution is -0.141. The van der Waals surface area contributed by atoms with Crippen LogP contribution in [0.15, 0.2) is 52.9 Å². The van der Waals surface area contributed by atoms with Crippen molar-refractivity contribution in [2.24, 2.45) is 5.92 Å². The van der Waals surface area contributed by atoms with Gasteiger partial charge in [-0.2, -0.15) is 0 Å². The highest BCUT2D eigenvalue weighted by Gasteiger charge is 2.19. The number of nitrogens with one attached hydrogen (secondary N) is 1. The molecule has 0 saturated carbocycles. The van der Waals surface area contributed by atoms with Gasteiger partial charge < -0.3 is 10.4 Å². The van der Waals surface area contributed by atoms with Crippen LogP contribution < -0.4 is 10.9 Å². The van der Waals surface area contributed by atoms with Crippen molar-refractivity contribution in [2.45, 2.75) is 19.4 Å². The van der Waals surface area contributed by atoms with E-state index >= 15 is 0 Å². The van der Waals surface area contributed by atoms with Crippen LogP contribution in [0, 0.1) is 5.92 Å². The summed E-state index contributed by atoms with van der Waals surface area (Å²) in [6, 6.07) is 11.0. The molecule has 1 unspecified atom stereocenters. The van der Waals surface area contributed by atoms with Crippen molar-refractivity contribution in [3.05, 3.63) is 64.0 Å². The lowest BCUT2D eigenvalue weighted by Gasteiger charge is -2.14. The minimum absolute atomic E-state index is 0.0414. The summed E-state index contributed by atoms with van der Waals surface area (Å²) in [5, 5.41) is 14.4. The topological polar surface area (TPSA) is 101 Å². The van der Waals surface area contributed by atoms with Gasteiger partial charge in [-0.1, -0.05) is 30.3 Å². The smallest absolute Gasteiger partial charge is 0.308 e. The van der Waals surface area contributed by atoms with Gasteiger partial charge in [0.05, 0.1) is 17.6 Å². The molecule has 3 aromatic rings. The summed E-state index contributed by atoms with van der Waals surface area (Å²) in [4.78, 5) is 40.7. The van der Waals surface area contributed by atoms with Gasteiger partial charge in [-0.05, 0) is 23.4 Å². The van der Waals surface area contributed by atoms with Crippen LogP contribution in [0.4, 0.5) is 0 Å². The molecule has 0 fully saturated rings. The number of rotatable bonds is 8. The third kappa shape index (κ3) is 4.79. The van der Waals surface area contributed by atoms with E-state index in [-0.39, 0.29) is 31.0 Å². The SMILES string of the molecule is O=C(CCn1cnc2sccc2c1=O)NCC(Cc1ccccc1)C(=O)O. The molecule has 1 aromatic carbocycles. The number of benzene rings is 1. The molecule has 2 heterocycles. The summed E-state index contributed by atoms with van der Waals surface area (Å²) in [5.74, 6) is -1.96. The molecule has 0 aliphatic heterocycles. The molecule has 27 heavy (non-hydrogen) atoms. The molecule has 0 aliphatic carbocycles. The molecule has 2 aromatic heterocycles. The lowest BCUT2D eigenvalue weighted by atomic mass is 9.99. The lowest BCUT2D eigenvalue weighted by Crippen LogP contribution is -2.35. The third-order valence-electron chi connectivity index (χ3n) is 4.25. The number of aromatic nitrogens is 2. The van der Waals surface area contributed by atoms with Gasteiger partial charge in [0, 0.05) is 19.5 Å². The van der Waals surface area contributed by atoms with Crippen LogP contribution in [0.1, 0.15) is 12.0 Å². The quantitative estimate of drug-likeness (QED) is 0.617. The number of hydrogen-bond acceptors (Lipinski definition) is 5. The second-order valence-electron chi connectivity index (χ2n) is 6.16. The predicted octanol–water partition coefficient (Wildman–Crippen LogP) is 1.91. The number of fused-ring (bicyclic) bond motifs is 1. The molecule has 1 atom stereocenters. The van der Waals surface area contributed by atoms with Crippen molar-refractivity contribution < 1.29 is 14.7 Å². The Bertz CT molecular complexity index is 997. The molecule has 8 heteroatoms. The normalized spacial score (nSPS) is 12.0. The van der Waals surface area contributed by atoms with Gasteiger partial charge in [-0.15, -0.1) is 11.3 Å². The van der Waals surface area contributed by atoms with Crippen LogP contribution in [0.5, 0.6) is 0 Å². The number of nitrogens with zero attached hydrogens (tertiary/aromatic N) is 2. The number of aliphatic carboxylic acids is 1. The Morgan fingerprint density at radius 3 is 2.74 bits per heavy atom. The first kappa shape index (κ1) is 18.8. The van der Waals surface area contributed by atoms with E-state index in [4.69, 9.17) is 0 Å². The zero-order chi connectivity index (χ0) is 19.2. The largest absolute Gasteiger partial charge is 0.481 e. The molecule has 0 aliphatic rings. The van der Waals surface area contributed by atoms with E-state index in [1.165, 1.54) is 22.2 Å². The fourth-order valence-corrected chi connectivity index (χ4v) is 3.47. The predicted molar refractivity (Wildman–Crippen MR) is 103 cm³/mol. The summed E-state index contributed by atoms with van der Waals surface area (Å²) in [7, 11) is 0. The second kappa shape index (κ2) is 8.59. The van der Waals surface area contributed by atoms with Gasteiger partial charge in [-0.25, -0.2) is 4.98 Å². The molecule has 0 spiro atoms. The molecule has 7 nitrogen and oxygen atoms in total. The van der Waals surface area contributed by atoms with Crippen molar-refractivity contribution in [1.29, 1.82) is 0 Å². The van der Waals surface area contributed by atoms with Crippen molar-refractivity contribution in [3.8, 4) is 0 Å². The molecule has 0 saturated heterocycles. The number of amides is 1. The van der Waals surface area contributed by atoms with Crippen LogP contribution in [-0.2, 0) is 22.6 Å². The molecule has 0 bridgehead atoms. The Balaban J connectivity index is 1.54. The zero-order valence-corrected chi connectivity index (χ0v) is 15.3. The van der Waals surface area contributed by atoms with E-state index in [0.29, 0.717) is 16.6 Å². The molecule has 140 valence electrons. The highest BCUT2D eigenvalue weighted by Crippen LogP contribution is 2.13. The van der Waals surface area contributed by atoms with Crippen molar-refractivity contribution in [2.75, 3.05) is 6.54 Å². The van der Waals surface area contributed by atoms with Gasteiger partial charge in [-0.3, -0.25) is 19.0 Å². The Morgan fingerprint density at radius 2 is 2.00 bits per heavy atom. The van der Waals surface area contributed by atoms with Gasteiger partial charge in [0.15, 0.2) is 0 Å².